The number of esters is 7. The van der Waals surface area contributed by atoms with Crippen molar-refractivity contribution in [1.82, 2.24) is 0 Å². The molecule has 2 saturated heterocycles. The van der Waals surface area contributed by atoms with Crippen molar-refractivity contribution in [1.29, 1.82) is 0 Å². The Balaban J connectivity index is 1.72. The zero-order chi connectivity index (χ0) is 37.8. The fourth-order valence-corrected chi connectivity index (χ4v) is 5.09. The van der Waals surface area contributed by atoms with Gasteiger partial charge in [0.15, 0.2) is 30.7 Å². The van der Waals surface area contributed by atoms with Gasteiger partial charge < -0.3 is 42.6 Å². The zero-order valence-electron chi connectivity index (χ0n) is 28.9. The largest absolute Gasteiger partial charge is 0.463 e. The van der Waals surface area contributed by atoms with Crippen LogP contribution in [0, 0.1) is 0 Å². The van der Waals surface area contributed by atoms with Crippen LogP contribution in [0.1, 0.15) is 53.5 Å². The van der Waals surface area contributed by atoms with Crippen molar-refractivity contribution in [3.63, 3.8) is 0 Å². The van der Waals surface area contributed by atoms with Gasteiger partial charge in [-0.25, -0.2) is 9.59 Å². The maximum absolute atomic E-state index is 12.8. The number of carbonyl (C=O) groups is 7. The molecule has 1 aromatic carbocycles. The standard InChI is InChI=1S/C35H40O16/c1-18(2)30(51-29(41)13-10-24-8-11-26(12-9-24)45-20(4)37)27-16-25(34(42)49-27)14-15-43-35-33(48-23(7)40)32(47-22(6)39)31(46-21(5)38)28(50-35)17-44-19(3)36/h8-14,27-28,30-33,35H,1,15-17H2,2-7H3/b13-10+,25-14+/t27?,28-,30?,31-,32+,33-,35-/m1/s1. The van der Waals surface area contributed by atoms with E-state index in [1.54, 1.807) is 31.2 Å². The first kappa shape index (κ1) is 40.1. The van der Waals surface area contributed by atoms with Gasteiger partial charge in [-0.05, 0) is 42.3 Å². The zero-order valence-corrected chi connectivity index (χ0v) is 28.9. The van der Waals surface area contributed by atoms with Gasteiger partial charge in [0.25, 0.3) is 0 Å². The highest BCUT2D eigenvalue weighted by atomic mass is 16.7. The van der Waals surface area contributed by atoms with Crippen LogP contribution in [-0.2, 0) is 71.5 Å². The maximum Gasteiger partial charge on any atom is 0.334 e. The third-order valence-electron chi connectivity index (χ3n) is 7.10. The minimum absolute atomic E-state index is 0.00684. The van der Waals surface area contributed by atoms with Gasteiger partial charge in [0.2, 0.25) is 0 Å². The Morgan fingerprint density at radius 1 is 0.843 bits per heavy atom. The molecule has 51 heavy (non-hydrogen) atoms. The number of hydrogen-bond acceptors (Lipinski definition) is 16. The van der Waals surface area contributed by atoms with Crippen molar-refractivity contribution in [2.75, 3.05) is 13.2 Å². The van der Waals surface area contributed by atoms with Crippen molar-refractivity contribution in [3.8, 4) is 5.75 Å². The van der Waals surface area contributed by atoms with Crippen LogP contribution in [0.25, 0.3) is 6.08 Å². The molecule has 0 bridgehead atoms. The number of cyclic esters (lactones) is 1. The molecule has 2 aliphatic rings. The molecule has 16 nitrogen and oxygen atoms in total. The highest BCUT2D eigenvalue weighted by Crippen LogP contribution is 2.31. The number of hydrogen-bond donors (Lipinski definition) is 0. The normalized spacial score (nSPS) is 24.2. The Hall–Kier alpha value is -5.35. The molecule has 2 aliphatic heterocycles. The van der Waals surface area contributed by atoms with E-state index in [0.29, 0.717) is 16.9 Å². The molecule has 7 atom stereocenters. The molecule has 0 aromatic heterocycles. The number of ether oxygens (including phenoxy) is 9. The molecule has 2 heterocycles. The average Bonchev–Trinajstić information content (AvgIpc) is 3.39. The van der Waals surface area contributed by atoms with Crippen LogP contribution in [-0.4, -0.2) is 97.9 Å². The molecule has 0 saturated carbocycles. The molecule has 0 N–H and O–H groups in total. The molecule has 0 aliphatic carbocycles. The van der Waals surface area contributed by atoms with Crippen LogP contribution in [0.2, 0.25) is 0 Å². The molecular formula is C35H40O16. The van der Waals surface area contributed by atoms with E-state index in [0.717, 1.165) is 27.7 Å². The van der Waals surface area contributed by atoms with Crippen molar-refractivity contribution >= 4 is 47.9 Å². The summed E-state index contributed by atoms with van der Waals surface area (Å²) in [6.45, 7) is 10.4. The van der Waals surface area contributed by atoms with Crippen LogP contribution in [0.5, 0.6) is 5.75 Å². The van der Waals surface area contributed by atoms with Crippen molar-refractivity contribution in [2.24, 2.45) is 0 Å². The number of benzene rings is 1. The molecule has 16 heteroatoms. The lowest BCUT2D eigenvalue weighted by molar-refractivity contribution is -0.306. The first-order valence-corrected chi connectivity index (χ1v) is 15.7. The molecule has 276 valence electrons. The van der Waals surface area contributed by atoms with E-state index in [1.165, 1.54) is 25.2 Å². The molecular weight excluding hydrogens is 676 g/mol. The minimum atomic E-state index is -1.45. The average molecular weight is 717 g/mol. The van der Waals surface area contributed by atoms with E-state index >= 15 is 0 Å². The van der Waals surface area contributed by atoms with E-state index in [9.17, 15) is 33.6 Å². The molecule has 1 aromatic rings. The highest BCUT2D eigenvalue weighted by Gasteiger charge is 2.52. The Bertz CT molecular complexity index is 1560. The van der Waals surface area contributed by atoms with Crippen LogP contribution >= 0.6 is 0 Å². The summed E-state index contributed by atoms with van der Waals surface area (Å²) in [6, 6.07) is 6.40. The monoisotopic (exact) mass is 716 g/mol. The lowest BCUT2D eigenvalue weighted by Crippen LogP contribution is -2.62. The summed E-state index contributed by atoms with van der Waals surface area (Å²) in [6.07, 6.45) is -4.74. The number of rotatable bonds is 14. The fraction of sp³-hybridized carbons (Fsp3) is 0.457. The number of carbonyl (C=O) groups excluding carboxylic acids is 7. The molecule has 0 spiro atoms. The fourth-order valence-electron chi connectivity index (χ4n) is 5.09. The first-order valence-electron chi connectivity index (χ1n) is 15.7. The summed E-state index contributed by atoms with van der Waals surface area (Å²) in [7, 11) is 0. The van der Waals surface area contributed by atoms with Crippen LogP contribution in [0.4, 0.5) is 0 Å². The predicted octanol–water partition coefficient (Wildman–Crippen LogP) is 2.45. The second kappa shape index (κ2) is 18.6. The van der Waals surface area contributed by atoms with Gasteiger partial charge in [0.1, 0.15) is 24.6 Å². The van der Waals surface area contributed by atoms with Gasteiger partial charge in [0, 0.05) is 52.7 Å². The molecule has 0 amide bonds. The quantitative estimate of drug-likeness (QED) is 0.0892. The van der Waals surface area contributed by atoms with Crippen LogP contribution < -0.4 is 4.74 Å². The molecule has 3 rings (SSSR count). The topological polar surface area (TPSA) is 203 Å². The predicted molar refractivity (Wildman–Crippen MR) is 172 cm³/mol. The summed E-state index contributed by atoms with van der Waals surface area (Å²) in [4.78, 5) is 84.1. The first-order chi connectivity index (χ1) is 24.0. The highest BCUT2D eigenvalue weighted by molar-refractivity contribution is 5.91. The van der Waals surface area contributed by atoms with E-state index in [2.05, 4.69) is 6.58 Å². The van der Waals surface area contributed by atoms with Gasteiger partial charge in [-0.15, -0.1) is 0 Å². The smallest absolute Gasteiger partial charge is 0.334 e. The van der Waals surface area contributed by atoms with Crippen LogP contribution in [0.15, 0.2) is 54.1 Å². The summed E-state index contributed by atoms with van der Waals surface area (Å²) in [5, 5.41) is 0. The van der Waals surface area contributed by atoms with E-state index in [4.69, 9.17) is 42.6 Å². The van der Waals surface area contributed by atoms with Gasteiger partial charge in [0.05, 0.1) is 6.61 Å². The van der Waals surface area contributed by atoms with Crippen molar-refractivity contribution in [3.05, 3.63) is 59.7 Å². The Kier molecular flexibility index (Phi) is 14.6. The summed E-state index contributed by atoms with van der Waals surface area (Å²) >= 11 is 0. The van der Waals surface area contributed by atoms with E-state index < -0.39 is 91.3 Å². The lowest BCUT2D eigenvalue weighted by Gasteiger charge is -2.43. The minimum Gasteiger partial charge on any atom is -0.463 e. The summed E-state index contributed by atoms with van der Waals surface area (Å²) < 4.78 is 48.9. The second-order valence-electron chi connectivity index (χ2n) is 11.5. The molecule has 2 unspecified atom stereocenters. The third-order valence-corrected chi connectivity index (χ3v) is 7.10. The summed E-state index contributed by atoms with van der Waals surface area (Å²) in [5.74, 6) is -4.62. The van der Waals surface area contributed by atoms with Crippen molar-refractivity contribution in [2.45, 2.75) is 90.9 Å². The molecule has 2 fully saturated rings. The van der Waals surface area contributed by atoms with Gasteiger partial charge in [-0.3, -0.25) is 24.0 Å². The summed E-state index contributed by atoms with van der Waals surface area (Å²) in [5.41, 5.74) is 1.20. The third kappa shape index (κ3) is 12.5. The van der Waals surface area contributed by atoms with Gasteiger partial charge in [-0.1, -0.05) is 18.7 Å². The SMILES string of the molecule is C=C(C)C(OC(=O)/C=C/c1ccc(OC(C)=O)cc1)C1C/C(=C\CO[C@@H]2O[C@H](COC(C)=O)[C@@H](OC(C)=O)[C@H](OC(C)=O)[C@H]2OC(C)=O)C(=O)O1. The van der Waals surface area contributed by atoms with Gasteiger partial charge >= 0.3 is 41.8 Å². The lowest BCUT2D eigenvalue weighted by atomic mass is 9.98. The Labute approximate surface area is 293 Å². The van der Waals surface area contributed by atoms with E-state index in [1.807, 2.05) is 0 Å². The van der Waals surface area contributed by atoms with Gasteiger partial charge in [-0.2, -0.15) is 0 Å². The Morgan fingerprint density at radius 2 is 1.45 bits per heavy atom. The second-order valence-corrected chi connectivity index (χ2v) is 11.5. The van der Waals surface area contributed by atoms with E-state index in [-0.39, 0.29) is 18.6 Å². The maximum atomic E-state index is 12.8. The Morgan fingerprint density at radius 3 is 2.02 bits per heavy atom. The van der Waals surface area contributed by atoms with Crippen molar-refractivity contribution < 1.29 is 76.2 Å². The molecule has 0 radical (unpaired) electrons. The van der Waals surface area contributed by atoms with Crippen LogP contribution in [0.3, 0.4) is 0 Å².